The Labute approximate surface area is 124 Å². The Morgan fingerprint density at radius 1 is 1.29 bits per heavy atom. The van der Waals surface area contributed by atoms with Gasteiger partial charge in [-0.1, -0.05) is 31.0 Å². The van der Waals surface area contributed by atoms with Crippen molar-refractivity contribution >= 4 is 16.7 Å². The van der Waals surface area contributed by atoms with Gasteiger partial charge in [-0.05, 0) is 25.0 Å². The molecule has 0 amide bonds. The van der Waals surface area contributed by atoms with E-state index in [0.717, 1.165) is 36.6 Å². The number of nitrogens with zero attached hydrogens (tertiary/aromatic N) is 3. The lowest BCUT2D eigenvalue weighted by Gasteiger charge is -2.36. The number of para-hydroxylation sites is 1. The van der Waals surface area contributed by atoms with Crippen LogP contribution in [-0.2, 0) is 0 Å². The molecule has 21 heavy (non-hydrogen) atoms. The quantitative estimate of drug-likeness (QED) is 0.919. The Morgan fingerprint density at radius 2 is 2.05 bits per heavy atom. The standard InChI is InChI=1S/C17H19N3O/c1-20(15-8-4-5-9-16(15)21)17-13(11-18)10-12-6-2-3-7-14(12)19-17/h2-3,6-7,10,15-16,21H,4-5,8-9H2,1H3. The van der Waals surface area contributed by atoms with Gasteiger partial charge in [-0.25, -0.2) is 4.98 Å². The summed E-state index contributed by atoms with van der Waals surface area (Å²) in [6.45, 7) is 0. The molecular formula is C17H19N3O. The molecule has 2 unspecified atom stereocenters. The number of aliphatic hydroxyl groups is 1. The predicted octanol–water partition coefficient (Wildman–Crippen LogP) is 2.85. The molecule has 1 N–H and O–H groups in total. The molecule has 0 bridgehead atoms. The summed E-state index contributed by atoms with van der Waals surface area (Å²) in [6, 6.07) is 12.0. The third-order valence-electron chi connectivity index (χ3n) is 4.35. The zero-order valence-electron chi connectivity index (χ0n) is 12.2. The highest BCUT2D eigenvalue weighted by atomic mass is 16.3. The van der Waals surface area contributed by atoms with Crippen molar-refractivity contribution in [2.24, 2.45) is 0 Å². The second kappa shape index (κ2) is 5.71. The summed E-state index contributed by atoms with van der Waals surface area (Å²) in [7, 11) is 1.93. The first-order chi connectivity index (χ1) is 10.2. The van der Waals surface area contributed by atoms with Gasteiger partial charge in [0.05, 0.1) is 23.2 Å². The smallest absolute Gasteiger partial charge is 0.147 e. The summed E-state index contributed by atoms with van der Waals surface area (Å²) in [6.07, 6.45) is 3.61. The van der Waals surface area contributed by atoms with Crippen LogP contribution in [0.1, 0.15) is 31.2 Å². The molecule has 1 heterocycles. The maximum Gasteiger partial charge on any atom is 0.147 e. The highest BCUT2D eigenvalue weighted by Gasteiger charge is 2.28. The number of aromatic nitrogens is 1. The van der Waals surface area contributed by atoms with Gasteiger partial charge in [0.1, 0.15) is 11.9 Å². The van der Waals surface area contributed by atoms with Crippen LogP contribution in [0.4, 0.5) is 5.82 Å². The average Bonchev–Trinajstić information content (AvgIpc) is 2.53. The summed E-state index contributed by atoms with van der Waals surface area (Å²) in [5, 5.41) is 20.6. The molecule has 0 radical (unpaired) electrons. The Morgan fingerprint density at radius 3 is 2.81 bits per heavy atom. The Balaban J connectivity index is 2.04. The number of anilines is 1. The minimum Gasteiger partial charge on any atom is -0.391 e. The maximum atomic E-state index is 10.2. The number of benzene rings is 1. The molecule has 4 heteroatoms. The molecule has 2 atom stereocenters. The summed E-state index contributed by atoms with van der Waals surface area (Å²) in [5.74, 6) is 0.669. The summed E-state index contributed by atoms with van der Waals surface area (Å²) in [5.41, 5.74) is 1.44. The highest BCUT2D eigenvalue weighted by Crippen LogP contribution is 2.29. The van der Waals surface area contributed by atoms with Crippen LogP contribution >= 0.6 is 0 Å². The molecule has 1 aromatic carbocycles. The normalized spacial score (nSPS) is 22.0. The van der Waals surface area contributed by atoms with Crippen molar-refractivity contribution in [2.45, 2.75) is 37.8 Å². The van der Waals surface area contributed by atoms with Crippen LogP contribution in [0.5, 0.6) is 0 Å². The van der Waals surface area contributed by atoms with E-state index in [0.29, 0.717) is 11.4 Å². The van der Waals surface area contributed by atoms with E-state index in [2.05, 4.69) is 11.1 Å². The molecule has 1 fully saturated rings. The van der Waals surface area contributed by atoms with Crippen LogP contribution in [0, 0.1) is 11.3 Å². The van der Waals surface area contributed by atoms with Gasteiger partial charge < -0.3 is 10.0 Å². The van der Waals surface area contributed by atoms with Crippen molar-refractivity contribution in [2.75, 3.05) is 11.9 Å². The molecule has 1 saturated carbocycles. The van der Waals surface area contributed by atoms with Crippen molar-refractivity contribution in [3.8, 4) is 6.07 Å². The number of aliphatic hydroxyl groups excluding tert-OH is 1. The van der Waals surface area contributed by atoms with Gasteiger partial charge >= 0.3 is 0 Å². The van der Waals surface area contributed by atoms with Gasteiger partial charge in [-0.15, -0.1) is 0 Å². The lowest BCUT2D eigenvalue weighted by molar-refractivity contribution is 0.106. The predicted molar refractivity (Wildman–Crippen MR) is 83.1 cm³/mol. The molecule has 0 aliphatic heterocycles. The first-order valence-electron chi connectivity index (χ1n) is 7.41. The van der Waals surface area contributed by atoms with Crippen molar-refractivity contribution in [3.63, 3.8) is 0 Å². The SMILES string of the molecule is CN(c1nc2ccccc2cc1C#N)C1CCCCC1O. The van der Waals surface area contributed by atoms with Crippen molar-refractivity contribution in [1.82, 2.24) is 4.98 Å². The largest absolute Gasteiger partial charge is 0.391 e. The third kappa shape index (κ3) is 2.57. The van der Waals surface area contributed by atoms with Crippen LogP contribution in [0.2, 0.25) is 0 Å². The molecule has 1 aliphatic carbocycles. The molecule has 1 aliphatic rings. The number of rotatable bonds is 2. The van der Waals surface area contributed by atoms with E-state index >= 15 is 0 Å². The zero-order chi connectivity index (χ0) is 14.8. The van der Waals surface area contributed by atoms with E-state index in [1.54, 1.807) is 0 Å². The lowest BCUT2D eigenvalue weighted by atomic mass is 9.91. The Hall–Kier alpha value is -2.12. The van der Waals surface area contributed by atoms with E-state index in [1.807, 2.05) is 42.3 Å². The minimum absolute atomic E-state index is 0.0412. The fraction of sp³-hybridized carbons (Fsp3) is 0.412. The van der Waals surface area contributed by atoms with Crippen LogP contribution < -0.4 is 4.90 Å². The second-order valence-electron chi connectivity index (χ2n) is 5.69. The van der Waals surface area contributed by atoms with Crippen LogP contribution in [-0.4, -0.2) is 29.3 Å². The fourth-order valence-electron chi connectivity index (χ4n) is 3.16. The van der Waals surface area contributed by atoms with Crippen molar-refractivity contribution < 1.29 is 5.11 Å². The summed E-state index contributed by atoms with van der Waals surface area (Å²) >= 11 is 0. The molecular weight excluding hydrogens is 262 g/mol. The van der Waals surface area contributed by atoms with Gasteiger partial charge in [0.15, 0.2) is 0 Å². The number of likely N-dealkylation sites (N-methyl/N-ethyl adjacent to an activating group) is 1. The minimum atomic E-state index is -0.344. The molecule has 3 rings (SSSR count). The van der Waals surface area contributed by atoms with E-state index in [9.17, 15) is 10.4 Å². The molecule has 4 nitrogen and oxygen atoms in total. The molecule has 108 valence electrons. The van der Waals surface area contributed by atoms with Gasteiger partial charge in [-0.3, -0.25) is 0 Å². The molecule has 1 aromatic heterocycles. The van der Waals surface area contributed by atoms with Gasteiger partial charge in [0.25, 0.3) is 0 Å². The molecule has 2 aromatic rings. The summed E-state index contributed by atoms with van der Waals surface area (Å²) in [4.78, 5) is 6.63. The Kier molecular flexibility index (Phi) is 3.76. The van der Waals surface area contributed by atoms with E-state index in [1.165, 1.54) is 0 Å². The first-order valence-corrected chi connectivity index (χ1v) is 7.41. The zero-order valence-corrected chi connectivity index (χ0v) is 12.2. The number of nitriles is 1. The molecule has 0 saturated heterocycles. The van der Waals surface area contributed by atoms with E-state index in [4.69, 9.17) is 0 Å². The average molecular weight is 281 g/mol. The number of fused-ring (bicyclic) bond motifs is 1. The number of pyridine rings is 1. The van der Waals surface area contributed by atoms with Crippen LogP contribution in [0.25, 0.3) is 10.9 Å². The van der Waals surface area contributed by atoms with Crippen molar-refractivity contribution in [1.29, 1.82) is 5.26 Å². The highest BCUT2D eigenvalue weighted by molar-refractivity contribution is 5.83. The van der Waals surface area contributed by atoms with E-state index in [-0.39, 0.29) is 12.1 Å². The van der Waals surface area contributed by atoms with Gasteiger partial charge in [-0.2, -0.15) is 5.26 Å². The maximum absolute atomic E-state index is 10.2. The third-order valence-corrected chi connectivity index (χ3v) is 4.35. The first kappa shape index (κ1) is 13.8. The van der Waals surface area contributed by atoms with Crippen LogP contribution in [0.3, 0.4) is 0 Å². The van der Waals surface area contributed by atoms with Gasteiger partial charge in [0.2, 0.25) is 0 Å². The van der Waals surface area contributed by atoms with Gasteiger partial charge in [0, 0.05) is 12.4 Å². The molecule has 0 spiro atoms. The number of hydrogen-bond acceptors (Lipinski definition) is 4. The lowest BCUT2D eigenvalue weighted by Crippen LogP contribution is -2.44. The van der Waals surface area contributed by atoms with E-state index < -0.39 is 0 Å². The summed E-state index contributed by atoms with van der Waals surface area (Å²) < 4.78 is 0. The van der Waals surface area contributed by atoms with Crippen LogP contribution in [0.15, 0.2) is 30.3 Å². The number of hydrogen-bond donors (Lipinski definition) is 1. The fourth-order valence-corrected chi connectivity index (χ4v) is 3.16. The topological polar surface area (TPSA) is 60.2 Å². The van der Waals surface area contributed by atoms with Crippen molar-refractivity contribution in [3.05, 3.63) is 35.9 Å². The monoisotopic (exact) mass is 281 g/mol. The second-order valence-corrected chi connectivity index (χ2v) is 5.69. The Bertz CT molecular complexity index is 692.